The molecule has 0 aliphatic carbocycles. The molecule has 0 saturated carbocycles. The van der Waals surface area contributed by atoms with Crippen LogP contribution < -0.4 is 5.32 Å². The van der Waals surface area contributed by atoms with Gasteiger partial charge in [0, 0.05) is 6.54 Å². The Morgan fingerprint density at radius 3 is 2.44 bits per heavy atom. The Labute approximate surface area is 91.1 Å². The van der Waals surface area contributed by atoms with Crippen LogP contribution in [-0.4, -0.2) is 78.6 Å². The number of β-amino-alcohol motifs (C(OH)–C–C–N with tert-alkyl or cyclic N) is 1. The number of aliphatic hydroxyl groups is 4. The molecule has 9 heteroatoms. The molecule has 1 saturated heterocycles. The fraction of sp³-hybridized carbons (Fsp3) is 0.857. The summed E-state index contributed by atoms with van der Waals surface area (Å²) in [6, 6.07) is -0.534. The monoisotopic (exact) mass is 233 g/mol. The Morgan fingerprint density at radius 2 is 2.00 bits per heavy atom. The van der Waals surface area contributed by atoms with Gasteiger partial charge in [0.05, 0.1) is 24.9 Å². The fourth-order valence-electron chi connectivity index (χ4n) is 1.28. The summed E-state index contributed by atoms with van der Waals surface area (Å²) < 4.78 is 0. The first-order chi connectivity index (χ1) is 7.66. The highest BCUT2D eigenvalue weighted by Gasteiger charge is 2.35. The van der Waals surface area contributed by atoms with E-state index in [0.717, 1.165) is 0 Å². The molecule has 0 bridgehead atoms. The van der Waals surface area contributed by atoms with E-state index < -0.39 is 24.4 Å². The van der Waals surface area contributed by atoms with Gasteiger partial charge in [-0.2, -0.15) is 5.21 Å². The minimum atomic E-state index is -1.16. The first-order valence-corrected chi connectivity index (χ1v) is 4.71. The third-order valence-electron chi connectivity index (χ3n) is 2.21. The first-order valence-electron chi connectivity index (χ1n) is 4.71. The van der Waals surface area contributed by atoms with Gasteiger partial charge in [-0.15, -0.1) is 10.2 Å². The molecule has 0 spiro atoms. The summed E-state index contributed by atoms with van der Waals surface area (Å²) in [6.07, 6.45) is -1.87. The van der Waals surface area contributed by atoms with Crippen LogP contribution in [0.15, 0.2) is 6.33 Å². The normalized spacial score (nSPS) is 34.0. The summed E-state index contributed by atoms with van der Waals surface area (Å²) in [4.78, 5) is 0. The van der Waals surface area contributed by atoms with Gasteiger partial charge in [0.25, 0.3) is 0 Å². The van der Waals surface area contributed by atoms with E-state index in [2.05, 4.69) is 25.9 Å². The summed E-state index contributed by atoms with van der Waals surface area (Å²) in [5.74, 6) is 0. The van der Waals surface area contributed by atoms with Crippen LogP contribution in [0.3, 0.4) is 0 Å². The predicted octanol–water partition coefficient (Wildman–Crippen LogP) is -3.77. The predicted molar refractivity (Wildman–Crippen MR) is 51.1 cm³/mol. The van der Waals surface area contributed by atoms with Gasteiger partial charge in [-0.3, -0.25) is 0 Å². The number of rotatable bonds is 1. The van der Waals surface area contributed by atoms with Gasteiger partial charge in [0.15, 0.2) is 6.33 Å². The van der Waals surface area contributed by atoms with Gasteiger partial charge in [0.2, 0.25) is 0 Å². The van der Waals surface area contributed by atoms with E-state index in [4.69, 9.17) is 15.3 Å². The highest BCUT2D eigenvalue weighted by atomic mass is 16.4. The maximum Gasteiger partial charge on any atom is 0.161 e. The van der Waals surface area contributed by atoms with Gasteiger partial charge < -0.3 is 25.7 Å². The lowest BCUT2D eigenvalue weighted by Crippen LogP contribution is -2.60. The molecule has 1 fully saturated rings. The highest BCUT2D eigenvalue weighted by molar-refractivity contribution is 4.91. The van der Waals surface area contributed by atoms with E-state index in [1.54, 1.807) is 0 Å². The molecule has 2 rings (SSSR count). The molecule has 0 amide bonds. The maximum atomic E-state index is 9.18. The molecule has 4 atom stereocenters. The number of hydrogen-bond acceptors (Lipinski definition) is 8. The van der Waals surface area contributed by atoms with Crippen LogP contribution in [0.25, 0.3) is 0 Å². The van der Waals surface area contributed by atoms with Crippen molar-refractivity contribution < 1.29 is 20.4 Å². The number of H-pyrrole nitrogens is 1. The van der Waals surface area contributed by atoms with Crippen LogP contribution >= 0.6 is 0 Å². The lowest BCUT2D eigenvalue weighted by Gasteiger charge is -2.34. The topological polar surface area (TPSA) is 147 Å². The quantitative estimate of drug-likeness (QED) is 0.290. The van der Waals surface area contributed by atoms with Crippen molar-refractivity contribution in [3.8, 4) is 0 Å². The third kappa shape index (κ3) is 3.47. The molecule has 1 aliphatic heterocycles. The average Bonchev–Trinajstić information content (AvgIpc) is 2.85. The van der Waals surface area contributed by atoms with E-state index in [1.165, 1.54) is 6.33 Å². The number of aliphatic hydroxyl groups excluding tert-OH is 4. The van der Waals surface area contributed by atoms with Crippen molar-refractivity contribution >= 4 is 0 Å². The van der Waals surface area contributed by atoms with E-state index in [-0.39, 0.29) is 13.2 Å². The van der Waals surface area contributed by atoms with Gasteiger partial charge in [-0.05, 0) is 0 Å². The molecule has 9 nitrogen and oxygen atoms in total. The molecule has 1 aromatic heterocycles. The van der Waals surface area contributed by atoms with Crippen molar-refractivity contribution in [1.82, 2.24) is 25.9 Å². The SMILES string of the molecule is OC[C@H]1NC[C@H](O)[C@@H](O)[C@@H]1O.c1nn[nH]n1. The average molecular weight is 233 g/mol. The Morgan fingerprint density at radius 1 is 1.25 bits per heavy atom. The largest absolute Gasteiger partial charge is 0.395 e. The molecule has 0 unspecified atom stereocenters. The molecule has 6 N–H and O–H groups in total. The van der Waals surface area contributed by atoms with Gasteiger partial charge in [-0.1, -0.05) is 5.21 Å². The zero-order valence-corrected chi connectivity index (χ0v) is 8.43. The summed E-state index contributed by atoms with van der Waals surface area (Å²) >= 11 is 0. The molecular formula is C7H15N5O4. The van der Waals surface area contributed by atoms with Crippen LogP contribution in [0.1, 0.15) is 0 Å². The van der Waals surface area contributed by atoms with Crippen LogP contribution in [0.5, 0.6) is 0 Å². The number of nitrogens with zero attached hydrogens (tertiary/aromatic N) is 3. The Bertz CT molecular complexity index is 253. The molecule has 0 aromatic carbocycles. The van der Waals surface area contributed by atoms with Gasteiger partial charge >= 0.3 is 0 Å². The molecule has 1 aliphatic rings. The zero-order valence-electron chi connectivity index (χ0n) is 8.43. The lowest BCUT2D eigenvalue weighted by molar-refractivity contribution is -0.101. The number of aromatic amines is 1. The molecule has 0 radical (unpaired) electrons. The zero-order chi connectivity index (χ0) is 12.0. The minimum Gasteiger partial charge on any atom is -0.395 e. The Kier molecular flexibility index (Phi) is 5.22. The minimum absolute atomic E-state index is 0.198. The summed E-state index contributed by atoms with van der Waals surface area (Å²) in [7, 11) is 0. The van der Waals surface area contributed by atoms with Gasteiger partial charge in [0.1, 0.15) is 6.10 Å². The van der Waals surface area contributed by atoms with Crippen LogP contribution in [0, 0.1) is 0 Å². The molecular weight excluding hydrogens is 218 g/mol. The second-order valence-electron chi connectivity index (χ2n) is 3.31. The van der Waals surface area contributed by atoms with E-state index in [0.29, 0.717) is 0 Å². The number of hydrogen-bond donors (Lipinski definition) is 6. The van der Waals surface area contributed by atoms with Crippen LogP contribution in [0.4, 0.5) is 0 Å². The van der Waals surface area contributed by atoms with Crippen molar-refractivity contribution in [3.05, 3.63) is 6.33 Å². The fourth-order valence-corrected chi connectivity index (χ4v) is 1.28. The second kappa shape index (κ2) is 6.45. The number of nitrogens with one attached hydrogen (secondary N) is 2. The standard InChI is InChI=1S/C6H13NO4.CH2N4/c8-2-3-5(10)6(11)4(9)1-7-3;1-2-4-5-3-1/h3-11H,1-2H2;1H,(H,2,3,4,5)/t3-,4+,5-,6-;/m1./s1. The van der Waals surface area contributed by atoms with Crippen LogP contribution in [-0.2, 0) is 0 Å². The summed E-state index contributed by atoms with van der Waals surface area (Å²) in [5.41, 5.74) is 0. The van der Waals surface area contributed by atoms with E-state index >= 15 is 0 Å². The van der Waals surface area contributed by atoms with Crippen LogP contribution in [0.2, 0.25) is 0 Å². The molecule has 2 heterocycles. The van der Waals surface area contributed by atoms with Crippen molar-refractivity contribution in [2.24, 2.45) is 0 Å². The first kappa shape index (κ1) is 12.9. The van der Waals surface area contributed by atoms with Crippen molar-refractivity contribution in [2.45, 2.75) is 24.4 Å². The van der Waals surface area contributed by atoms with Crippen molar-refractivity contribution in [2.75, 3.05) is 13.2 Å². The molecule has 16 heavy (non-hydrogen) atoms. The maximum absolute atomic E-state index is 9.18. The summed E-state index contributed by atoms with van der Waals surface area (Å²) in [6.45, 7) is -0.0472. The number of piperidine rings is 1. The number of tetrazole rings is 1. The van der Waals surface area contributed by atoms with Gasteiger partial charge in [-0.25, -0.2) is 0 Å². The smallest absolute Gasteiger partial charge is 0.161 e. The molecule has 92 valence electrons. The molecule has 1 aromatic rings. The number of aromatic nitrogens is 4. The Hall–Kier alpha value is -1.13. The highest BCUT2D eigenvalue weighted by Crippen LogP contribution is 2.09. The van der Waals surface area contributed by atoms with Crippen molar-refractivity contribution in [1.29, 1.82) is 0 Å². The van der Waals surface area contributed by atoms with E-state index in [9.17, 15) is 5.11 Å². The third-order valence-corrected chi connectivity index (χ3v) is 2.21. The van der Waals surface area contributed by atoms with E-state index in [1.807, 2.05) is 0 Å². The summed E-state index contributed by atoms with van der Waals surface area (Å²) in [5, 5.41) is 50.8. The lowest BCUT2D eigenvalue weighted by atomic mass is 9.97. The van der Waals surface area contributed by atoms with Crippen molar-refractivity contribution in [3.63, 3.8) is 0 Å². The second-order valence-corrected chi connectivity index (χ2v) is 3.31. The Balaban J connectivity index is 0.000000212.